The van der Waals surface area contributed by atoms with Gasteiger partial charge in [-0.25, -0.2) is 15.0 Å². The minimum atomic E-state index is -0.317. The Morgan fingerprint density at radius 2 is 1.86 bits per heavy atom. The maximum atomic E-state index is 13.5. The van der Waals surface area contributed by atoms with Crippen LogP contribution < -0.4 is 15.5 Å². The molecule has 2 N–H and O–H groups in total. The first kappa shape index (κ1) is 30.5. The number of ether oxygens (including phenoxy) is 1. The van der Waals surface area contributed by atoms with Crippen LogP contribution in [0.4, 0.5) is 11.8 Å². The third-order valence-corrected chi connectivity index (χ3v) is 8.43. The largest absolute Gasteiger partial charge is 0.466 e. The number of fused-ring (bicyclic) bond motifs is 1. The van der Waals surface area contributed by atoms with Gasteiger partial charge in [-0.15, -0.1) is 0 Å². The minimum absolute atomic E-state index is 0.0632. The first-order valence-corrected chi connectivity index (χ1v) is 15.4. The number of esters is 1. The van der Waals surface area contributed by atoms with E-state index in [1.165, 1.54) is 0 Å². The number of benzene rings is 1. The second-order valence-corrected chi connectivity index (χ2v) is 11.3. The summed E-state index contributed by atoms with van der Waals surface area (Å²) >= 11 is 6.28. The highest BCUT2D eigenvalue weighted by Crippen LogP contribution is 2.30. The summed E-state index contributed by atoms with van der Waals surface area (Å²) < 4.78 is 4.90. The van der Waals surface area contributed by atoms with E-state index in [2.05, 4.69) is 25.5 Å². The van der Waals surface area contributed by atoms with Crippen molar-refractivity contribution < 1.29 is 19.1 Å². The SMILES string of the molecule is CCOC(=O)CCNC(=O)C1CCN(C(=O)C2CCCN(c3nccc4nc(NCc5ccccc5Cl)ncc34)C2)CC1. The molecule has 228 valence electrons. The molecule has 2 amide bonds. The summed E-state index contributed by atoms with van der Waals surface area (Å²) in [6.07, 6.45) is 6.62. The molecule has 5 rings (SSSR count). The number of halogens is 1. The fourth-order valence-electron chi connectivity index (χ4n) is 5.75. The van der Waals surface area contributed by atoms with Gasteiger partial charge in [0.05, 0.1) is 29.8 Å². The van der Waals surface area contributed by atoms with Crippen LogP contribution in [0.15, 0.2) is 42.7 Å². The van der Waals surface area contributed by atoms with Gasteiger partial charge in [0.2, 0.25) is 17.8 Å². The molecule has 4 heterocycles. The van der Waals surface area contributed by atoms with Crippen LogP contribution >= 0.6 is 11.6 Å². The van der Waals surface area contributed by atoms with Gasteiger partial charge in [-0.2, -0.15) is 0 Å². The smallest absolute Gasteiger partial charge is 0.307 e. The van der Waals surface area contributed by atoms with Gasteiger partial charge in [-0.1, -0.05) is 29.8 Å². The highest BCUT2D eigenvalue weighted by atomic mass is 35.5. The van der Waals surface area contributed by atoms with Crippen molar-refractivity contribution in [2.45, 2.75) is 45.6 Å². The van der Waals surface area contributed by atoms with Crippen molar-refractivity contribution in [2.24, 2.45) is 11.8 Å². The van der Waals surface area contributed by atoms with Crippen LogP contribution in [-0.4, -0.2) is 77.0 Å². The van der Waals surface area contributed by atoms with E-state index in [1.807, 2.05) is 35.2 Å². The lowest BCUT2D eigenvalue weighted by Crippen LogP contribution is -2.49. The normalized spacial score (nSPS) is 17.5. The van der Waals surface area contributed by atoms with Crippen molar-refractivity contribution in [1.82, 2.24) is 25.2 Å². The second-order valence-electron chi connectivity index (χ2n) is 10.9. The maximum Gasteiger partial charge on any atom is 0.307 e. The maximum absolute atomic E-state index is 13.5. The molecule has 2 fully saturated rings. The van der Waals surface area contributed by atoms with Crippen molar-refractivity contribution in [3.8, 4) is 0 Å². The van der Waals surface area contributed by atoms with Gasteiger partial charge in [0.15, 0.2) is 0 Å². The number of piperidine rings is 2. The van der Waals surface area contributed by atoms with E-state index in [4.69, 9.17) is 21.3 Å². The van der Waals surface area contributed by atoms with E-state index in [9.17, 15) is 14.4 Å². The molecule has 0 bridgehead atoms. The molecule has 43 heavy (non-hydrogen) atoms. The summed E-state index contributed by atoms with van der Waals surface area (Å²) in [5.41, 5.74) is 1.74. The van der Waals surface area contributed by atoms with E-state index < -0.39 is 0 Å². The number of rotatable bonds is 10. The van der Waals surface area contributed by atoms with E-state index in [-0.39, 0.29) is 42.6 Å². The fourth-order valence-corrected chi connectivity index (χ4v) is 5.95. The van der Waals surface area contributed by atoms with Gasteiger partial charge in [0, 0.05) is 62.6 Å². The van der Waals surface area contributed by atoms with Gasteiger partial charge in [-0.05, 0) is 50.3 Å². The predicted octanol–water partition coefficient (Wildman–Crippen LogP) is 3.81. The third-order valence-electron chi connectivity index (χ3n) is 8.06. The monoisotopic (exact) mass is 607 g/mol. The molecule has 0 radical (unpaired) electrons. The number of carbonyl (C=O) groups is 3. The molecular formula is C31H38ClN7O4. The summed E-state index contributed by atoms with van der Waals surface area (Å²) in [6.45, 7) is 5.34. The van der Waals surface area contributed by atoms with Crippen molar-refractivity contribution >= 4 is 52.1 Å². The molecule has 0 spiro atoms. The van der Waals surface area contributed by atoms with Gasteiger partial charge in [0.1, 0.15) is 5.82 Å². The number of anilines is 2. The Morgan fingerprint density at radius 3 is 2.65 bits per heavy atom. The molecule has 2 aliphatic heterocycles. The molecule has 1 atom stereocenters. The van der Waals surface area contributed by atoms with Crippen LogP contribution in [0.5, 0.6) is 0 Å². The molecule has 3 aromatic rings. The van der Waals surface area contributed by atoms with E-state index in [0.29, 0.717) is 56.6 Å². The molecule has 1 aromatic carbocycles. The Morgan fingerprint density at radius 1 is 1.05 bits per heavy atom. The summed E-state index contributed by atoms with van der Waals surface area (Å²) in [6, 6.07) is 9.52. The number of nitrogens with one attached hydrogen (secondary N) is 2. The van der Waals surface area contributed by atoms with Gasteiger partial charge >= 0.3 is 5.97 Å². The standard InChI is InChI=1S/C31H38ClN7O4/c1-2-43-27(40)10-14-34-29(41)21-11-16-38(17-12-21)30(42)23-7-5-15-39(20-23)28-24-19-36-31(37-26(24)9-13-33-28)35-18-22-6-3-4-8-25(22)32/h3-4,6,8-9,13,19,21,23H,2,5,7,10-12,14-18,20H2,1H3,(H,34,41)(H,35,36,37). The number of hydrogen-bond donors (Lipinski definition) is 2. The van der Waals surface area contributed by atoms with Gasteiger partial charge in [-0.3, -0.25) is 14.4 Å². The molecule has 11 nitrogen and oxygen atoms in total. The predicted molar refractivity (Wildman–Crippen MR) is 165 cm³/mol. The Kier molecular flexibility index (Phi) is 10.2. The van der Waals surface area contributed by atoms with Crippen LogP contribution in [-0.2, 0) is 25.7 Å². The lowest BCUT2D eigenvalue weighted by Gasteiger charge is -2.38. The molecular weight excluding hydrogens is 570 g/mol. The first-order chi connectivity index (χ1) is 20.9. The van der Waals surface area contributed by atoms with Gasteiger partial charge in [0.25, 0.3) is 0 Å². The van der Waals surface area contributed by atoms with Crippen LogP contribution in [0.1, 0.15) is 44.6 Å². The molecule has 2 aliphatic rings. The zero-order chi connectivity index (χ0) is 30.2. The van der Waals surface area contributed by atoms with Crippen LogP contribution in [0.25, 0.3) is 10.9 Å². The first-order valence-electron chi connectivity index (χ1n) is 15.0. The molecule has 12 heteroatoms. The lowest BCUT2D eigenvalue weighted by atomic mass is 9.92. The minimum Gasteiger partial charge on any atom is -0.466 e. The quantitative estimate of drug-likeness (QED) is 0.330. The fraction of sp³-hybridized carbons (Fsp3) is 0.484. The van der Waals surface area contributed by atoms with Crippen molar-refractivity contribution in [3.63, 3.8) is 0 Å². The Balaban J connectivity index is 1.15. The van der Waals surface area contributed by atoms with Crippen LogP contribution in [0.2, 0.25) is 5.02 Å². The number of amides is 2. The second kappa shape index (κ2) is 14.5. The summed E-state index contributed by atoms with van der Waals surface area (Å²) in [5.74, 6) is 0.747. The topological polar surface area (TPSA) is 130 Å². The van der Waals surface area contributed by atoms with E-state index >= 15 is 0 Å². The Bertz CT molecular complexity index is 1450. The number of pyridine rings is 1. The highest BCUT2D eigenvalue weighted by Gasteiger charge is 2.33. The molecule has 2 saturated heterocycles. The number of hydrogen-bond acceptors (Lipinski definition) is 9. The summed E-state index contributed by atoms with van der Waals surface area (Å²) in [4.78, 5) is 55.5. The molecule has 0 aliphatic carbocycles. The zero-order valence-corrected chi connectivity index (χ0v) is 25.2. The summed E-state index contributed by atoms with van der Waals surface area (Å²) in [5, 5.41) is 7.61. The average Bonchev–Trinajstić information content (AvgIpc) is 3.04. The van der Waals surface area contributed by atoms with Gasteiger partial charge < -0.3 is 25.2 Å². The number of nitrogens with zero attached hydrogens (tertiary/aromatic N) is 5. The van der Waals surface area contributed by atoms with Crippen LogP contribution in [0, 0.1) is 11.8 Å². The Labute approximate surface area is 256 Å². The van der Waals surface area contributed by atoms with Crippen LogP contribution in [0.3, 0.4) is 0 Å². The highest BCUT2D eigenvalue weighted by molar-refractivity contribution is 6.31. The number of carbonyl (C=O) groups excluding carboxylic acids is 3. The van der Waals surface area contributed by atoms with Crippen molar-refractivity contribution in [1.29, 1.82) is 0 Å². The number of aromatic nitrogens is 3. The van der Waals surface area contributed by atoms with Crippen molar-refractivity contribution in [3.05, 3.63) is 53.3 Å². The number of likely N-dealkylation sites (tertiary alicyclic amines) is 1. The Hall–Kier alpha value is -3.99. The lowest BCUT2D eigenvalue weighted by molar-refractivity contribution is -0.143. The molecule has 2 aromatic heterocycles. The van der Waals surface area contributed by atoms with E-state index in [1.54, 1.807) is 19.3 Å². The molecule has 0 saturated carbocycles. The average molecular weight is 608 g/mol. The molecule has 1 unspecified atom stereocenters. The summed E-state index contributed by atoms with van der Waals surface area (Å²) in [7, 11) is 0. The third kappa shape index (κ3) is 7.70. The zero-order valence-electron chi connectivity index (χ0n) is 24.4. The van der Waals surface area contributed by atoms with Crippen molar-refractivity contribution in [2.75, 3.05) is 49.5 Å². The van der Waals surface area contributed by atoms with E-state index in [0.717, 1.165) is 41.7 Å².